The molecule has 1 fully saturated rings. The van der Waals surface area contributed by atoms with E-state index in [1.54, 1.807) is 0 Å². The van der Waals surface area contributed by atoms with Gasteiger partial charge in [0.25, 0.3) is 5.97 Å². The zero-order valence-electron chi connectivity index (χ0n) is 10.4. The van der Waals surface area contributed by atoms with E-state index in [1.807, 2.05) is 0 Å². The molecule has 6 N–H and O–H groups in total. The second-order valence-corrected chi connectivity index (χ2v) is 3.43. The summed E-state index contributed by atoms with van der Waals surface area (Å²) in [5.74, 6) is -4.99. The molecular weight excluding hydrogens is 222 g/mol. The number of methoxy groups -OCH3 is 2. The minimum Gasteiger partial charge on any atom is -0.393 e. The number of nitrogens with two attached hydrogens (primary N) is 1. The molecular formula is C8H17NO7. The molecule has 1 saturated heterocycles. The maximum Gasteiger partial charge on any atom is 0.299 e. The van der Waals surface area contributed by atoms with Gasteiger partial charge in [-0.05, 0) is 0 Å². The van der Waals surface area contributed by atoms with Gasteiger partial charge < -0.3 is 40.4 Å². The first-order valence-corrected chi connectivity index (χ1v) is 4.39. The van der Waals surface area contributed by atoms with Crippen LogP contribution in [0.4, 0.5) is 0 Å². The predicted molar refractivity (Wildman–Crippen MR) is 49.9 cm³/mol. The van der Waals surface area contributed by atoms with E-state index in [0.29, 0.717) is 0 Å². The van der Waals surface area contributed by atoms with E-state index in [-0.39, 0.29) is 0 Å². The van der Waals surface area contributed by atoms with Gasteiger partial charge in [0.1, 0.15) is 18.2 Å². The largest absolute Gasteiger partial charge is 0.393 e. The molecule has 0 aliphatic carbocycles. The molecule has 8 heteroatoms. The van der Waals surface area contributed by atoms with Crippen molar-refractivity contribution in [2.75, 3.05) is 20.8 Å². The molecule has 0 saturated carbocycles. The highest BCUT2D eigenvalue weighted by atomic mass is 16.8. The van der Waals surface area contributed by atoms with Crippen molar-refractivity contribution >= 4 is 0 Å². The summed E-state index contributed by atoms with van der Waals surface area (Å²) in [6.45, 7) is -0.829. The molecule has 0 spiro atoms. The molecule has 1 heterocycles. The molecule has 0 aromatic heterocycles. The topological polar surface area (TPSA) is 135 Å². The van der Waals surface area contributed by atoms with Gasteiger partial charge in [-0.15, -0.1) is 0 Å². The van der Waals surface area contributed by atoms with Crippen LogP contribution in [-0.2, 0) is 14.2 Å². The molecule has 0 aromatic carbocycles. The van der Waals surface area contributed by atoms with Crippen molar-refractivity contribution in [2.45, 2.75) is 30.0 Å². The minimum atomic E-state index is -2.54. The van der Waals surface area contributed by atoms with Crippen molar-refractivity contribution in [3.8, 4) is 0 Å². The van der Waals surface area contributed by atoms with E-state index >= 15 is 0 Å². The molecule has 8 nitrogen and oxygen atoms in total. The Balaban J connectivity index is 3.01. The molecule has 16 heavy (non-hydrogen) atoms. The maximum atomic E-state index is 10.00. The Morgan fingerprint density at radius 1 is 1.44 bits per heavy atom. The second-order valence-electron chi connectivity index (χ2n) is 3.43. The third-order valence-corrected chi connectivity index (χ3v) is 2.56. The summed E-state index contributed by atoms with van der Waals surface area (Å²) in [5.41, 5.74) is 5.45. The third kappa shape index (κ3) is 1.83. The minimum absolute atomic E-state index is 0.715. The van der Waals surface area contributed by atoms with E-state index in [4.69, 9.17) is 18.3 Å². The Kier molecular flexibility index (Phi) is 3.05. The van der Waals surface area contributed by atoms with Crippen molar-refractivity contribution < 1.29 is 37.4 Å². The molecule has 1 aliphatic heterocycles. The van der Waals surface area contributed by atoms with Gasteiger partial charge in [-0.3, -0.25) is 0 Å². The lowest BCUT2D eigenvalue weighted by Crippen LogP contribution is -2.75. The average Bonchev–Trinajstić information content (AvgIpc) is 2.33. The Morgan fingerprint density at radius 2 is 2.06 bits per heavy atom. The fourth-order valence-corrected chi connectivity index (χ4v) is 1.49. The van der Waals surface area contributed by atoms with Gasteiger partial charge >= 0.3 is 0 Å². The van der Waals surface area contributed by atoms with Crippen LogP contribution in [0.5, 0.6) is 0 Å². The SMILES string of the molecule is [2H]COC1(O)O[C@H](CO)[C@](O)(OC[2H])[C@H](O)[C@H]1N. The van der Waals surface area contributed by atoms with Gasteiger partial charge in [0.15, 0.2) is 0 Å². The van der Waals surface area contributed by atoms with Crippen molar-refractivity contribution in [2.24, 2.45) is 5.73 Å². The molecule has 0 amide bonds. The van der Waals surface area contributed by atoms with Crippen LogP contribution in [0.2, 0.25) is 0 Å². The first kappa shape index (κ1) is 10.8. The first-order chi connectivity index (χ1) is 8.35. The molecule has 1 aliphatic rings. The summed E-state index contributed by atoms with van der Waals surface area (Å²) >= 11 is 0. The third-order valence-electron chi connectivity index (χ3n) is 2.56. The summed E-state index contributed by atoms with van der Waals surface area (Å²) in [6.07, 6.45) is -3.47. The average molecular weight is 241 g/mol. The molecule has 0 radical (unpaired) electrons. The van der Waals surface area contributed by atoms with Gasteiger partial charge in [-0.1, -0.05) is 0 Å². The Morgan fingerprint density at radius 3 is 2.56 bits per heavy atom. The van der Waals surface area contributed by atoms with E-state index in [2.05, 4.69) is 9.47 Å². The van der Waals surface area contributed by atoms with Gasteiger partial charge in [0.05, 0.1) is 9.35 Å². The number of aliphatic hydroxyl groups excluding tert-OH is 2. The molecule has 0 aromatic rings. The Labute approximate surface area is 95.0 Å². The van der Waals surface area contributed by atoms with Crippen LogP contribution in [0.25, 0.3) is 0 Å². The van der Waals surface area contributed by atoms with Crippen molar-refractivity contribution in [3.63, 3.8) is 0 Å². The second kappa shape index (κ2) is 4.51. The maximum absolute atomic E-state index is 10.00. The fraction of sp³-hybridized carbons (Fsp3) is 1.00. The molecule has 0 bridgehead atoms. The summed E-state index contributed by atoms with van der Waals surface area (Å²) < 4.78 is 27.7. The number of hydrogen-bond donors (Lipinski definition) is 5. The zero-order valence-corrected chi connectivity index (χ0v) is 8.44. The normalized spacial score (nSPS) is 50.9. The van der Waals surface area contributed by atoms with Gasteiger partial charge in [-0.25, -0.2) is 0 Å². The quantitative estimate of drug-likeness (QED) is 0.324. The standard InChI is InChI=1S/C8H17NO7/c1-14-7(12)4(3-10)16-8(13,15-2)5(9)6(7)11/h4-6,10-13H,3,9H2,1-2H3/t4-,5-,6-,7+,8?/m1/s1/i1D,2D. The summed E-state index contributed by atoms with van der Waals surface area (Å²) in [6, 6.07) is -1.65. The van der Waals surface area contributed by atoms with Crippen LogP contribution < -0.4 is 5.73 Å². The van der Waals surface area contributed by atoms with Gasteiger partial charge in [0.2, 0.25) is 5.79 Å². The van der Waals surface area contributed by atoms with E-state index < -0.39 is 50.8 Å². The molecule has 5 atom stereocenters. The lowest BCUT2D eigenvalue weighted by molar-refractivity contribution is -0.460. The first-order valence-electron chi connectivity index (χ1n) is 5.80. The van der Waals surface area contributed by atoms with E-state index in [0.717, 1.165) is 0 Å². The lowest BCUT2D eigenvalue weighted by Gasteiger charge is -2.49. The molecule has 1 unspecified atom stereocenters. The summed E-state index contributed by atoms with van der Waals surface area (Å²) in [7, 11) is -1.44. The van der Waals surface area contributed by atoms with Crippen LogP contribution >= 0.6 is 0 Å². The number of aliphatic hydroxyl groups is 4. The number of ether oxygens (including phenoxy) is 3. The Hall–Kier alpha value is -0.320. The van der Waals surface area contributed by atoms with Crippen LogP contribution in [0.3, 0.4) is 0 Å². The van der Waals surface area contributed by atoms with Crippen LogP contribution in [0, 0.1) is 0 Å². The van der Waals surface area contributed by atoms with Crippen molar-refractivity contribution in [1.29, 1.82) is 0 Å². The summed E-state index contributed by atoms with van der Waals surface area (Å²) in [5, 5.41) is 38.7. The predicted octanol–water partition coefficient (Wildman–Crippen LogP) is -3.31. The number of rotatable bonds is 3. The molecule has 96 valence electrons. The monoisotopic (exact) mass is 241 g/mol. The van der Waals surface area contributed by atoms with Gasteiger partial charge in [0, 0.05) is 14.2 Å². The van der Waals surface area contributed by atoms with Crippen LogP contribution in [0.15, 0.2) is 0 Å². The van der Waals surface area contributed by atoms with E-state index in [9.17, 15) is 15.3 Å². The highest BCUT2D eigenvalue weighted by Crippen LogP contribution is 2.34. The summed E-state index contributed by atoms with van der Waals surface area (Å²) in [4.78, 5) is 0. The highest BCUT2D eigenvalue weighted by Gasteiger charge is 2.61. The fourth-order valence-electron chi connectivity index (χ4n) is 1.49. The smallest absolute Gasteiger partial charge is 0.299 e. The highest BCUT2D eigenvalue weighted by molar-refractivity contribution is 5.00. The molecule has 1 rings (SSSR count). The van der Waals surface area contributed by atoms with Crippen LogP contribution in [0.1, 0.15) is 2.74 Å². The van der Waals surface area contributed by atoms with Crippen LogP contribution in [-0.4, -0.2) is 71.2 Å². The van der Waals surface area contributed by atoms with E-state index in [1.165, 1.54) is 0 Å². The number of hydrogen-bond acceptors (Lipinski definition) is 8. The van der Waals surface area contributed by atoms with Crippen molar-refractivity contribution in [1.82, 2.24) is 0 Å². The lowest BCUT2D eigenvalue weighted by atomic mass is 9.92. The zero-order chi connectivity index (χ0) is 14.0. The van der Waals surface area contributed by atoms with Gasteiger partial charge in [-0.2, -0.15) is 0 Å². The Bertz CT molecular complexity index is 282. The van der Waals surface area contributed by atoms with Crippen molar-refractivity contribution in [3.05, 3.63) is 0 Å².